The molecule has 1 unspecified atom stereocenters. The number of para-hydroxylation sites is 1. The first-order chi connectivity index (χ1) is 18.2. The predicted molar refractivity (Wildman–Crippen MR) is 150 cm³/mol. The molecule has 2 aliphatic heterocycles. The number of ether oxygens (including phenoxy) is 1. The van der Waals surface area contributed by atoms with Gasteiger partial charge in [0.05, 0.1) is 12.6 Å². The van der Waals surface area contributed by atoms with Crippen LogP contribution in [0.3, 0.4) is 0 Å². The zero-order valence-electron chi connectivity index (χ0n) is 21.4. The lowest BCUT2D eigenvalue weighted by Crippen LogP contribution is -2.54. The highest BCUT2D eigenvalue weighted by Gasteiger charge is 2.33. The van der Waals surface area contributed by atoms with Crippen LogP contribution in [0.5, 0.6) is 5.75 Å². The van der Waals surface area contributed by atoms with E-state index in [-0.39, 0.29) is 11.9 Å². The summed E-state index contributed by atoms with van der Waals surface area (Å²) in [5, 5.41) is 1.28. The molecule has 4 aromatic rings. The second kappa shape index (κ2) is 10.3. The smallest absolute Gasteiger partial charge is 0.258 e. The summed E-state index contributed by atoms with van der Waals surface area (Å²) in [5.74, 6) is 0.862. The van der Waals surface area contributed by atoms with Gasteiger partial charge >= 0.3 is 0 Å². The number of nitrogens with zero attached hydrogens (tertiary/aromatic N) is 3. The minimum Gasteiger partial charge on any atom is -0.494 e. The van der Waals surface area contributed by atoms with Gasteiger partial charge in [0.2, 0.25) is 0 Å². The third-order valence-corrected chi connectivity index (χ3v) is 7.75. The normalized spacial score (nSPS) is 18.1. The zero-order chi connectivity index (χ0) is 25.2. The molecule has 1 saturated heterocycles. The molecule has 1 fully saturated rings. The van der Waals surface area contributed by atoms with Gasteiger partial charge in [-0.3, -0.25) is 9.69 Å². The number of benzene rings is 3. The van der Waals surface area contributed by atoms with E-state index in [0.29, 0.717) is 12.2 Å². The molecule has 0 aliphatic carbocycles. The standard InChI is InChI=1S/C31H34N4O2/c1-2-37-26-14-11-24(12-15-26)31(36)35-25(13-10-23-6-3-4-8-29(23)35)22-33-18-20-34(21-19-33)30-9-5-7-28-27(30)16-17-32-28/h3-9,11-12,14-17,25,32H,2,10,13,18-22H2,1H3. The molecule has 37 heavy (non-hydrogen) atoms. The van der Waals surface area contributed by atoms with Gasteiger partial charge in [-0.2, -0.15) is 0 Å². The van der Waals surface area contributed by atoms with Crippen LogP contribution < -0.4 is 14.5 Å². The highest BCUT2D eigenvalue weighted by atomic mass is 16.5. The molecule has 3 heterocycles. The molecule has 2 aliphatic rings. The maximum atomic E-state index is 13.9. The van der Waals surface area contributed by atoms with Crippen molar-refractivity contribution in [1.29, 1.82) is 0 Å². The SMILES string of the molecule is CCOc1ccc(C(=O)N2c3ccccc3CCC2CN2CCN(c3cccc4[nH]ccc34)CC2)cc1. The summed E-state index contributed by atoms with van der Waals surface area (Å²) in [5.41, 5.74) is 5.49. The summed E-state index contributed by atoms with van der Waals surface area (Å²) in [6.45, 7) is 7.42. The summed E-state index contributed by atoms with van der Waals surface area (Å²) in [7, 11) is 0. The van der Waals surface area contributed by atoms with Crippen LogP contribution in [-0.2, 0) is 6.42 Å². The molecular weight excluding hydrogens is 460 g/mol. The number of aryl methyl sites for hydroxylation is 1. The molecule has 6 nitrogen and oxygen atoms in total. The maximum Gasteiger partial charge on any atom is 0.258 e. The molecule has 3 aromatic carbocycles. The second-order valence-corrected chi connectivity index (χ2v) is 9.96. The topological polar surface area (TPSA) is 51.8 Å². The fourth-order valence-corrected chi connectivity index (χ4v) is 5.87. The van der Waals surface area contributed by atoms with Gasteiger partial charge in [0.1, 0.15) is 5.75 Å². The molecule has 0 radical (unpaired) electrons. The summed E-state index contributed by atoms with van der Waals surface area (Å²) >= 11 is 0. The van der Waals surface area contributed by atoms with E-state index in [9.17, 15) is 4.79 Å². The summed E-state index contributed by atoms with van der Waals surface area (Å²) in [4.78, 5) is 24.3. The number of carbonyl (C=O) groups excluding carboxylic acids is 1. The van der Waals surface area contributed by atoms with Crippen molar-refractivity contribution >= 4 is 28.2 Å². The fourth-order valence-electron chi connectivity index (χ4n) is 5.87. The number of fused-ring (bicyclic) bond motifs is 2. The number of hydrogen-bond acceptors (Lipinski definition) is 4. The Balaban J connectivity index is 1.19. The number of rotatable bonds is 6. The number of anilines is 2. The largest absolute Gasteiger partial charge is 0.494 e. The number of nitrogens with one attached hydrogen (secondary N) is 1. The van der Waals surface area contributed by atoms with Gasteiger partial charge in [-0.15, -0.1) is 0 Å². The number of aromatic nitrogens is 1. The van der Waals surface area contributed by atoms with Gasteiger partial charge in [0, 0.05) is 66.8 Å². The van der Waals surface area contributed by atoms with Gasteiger partial charge in [-0.05, 0) is 73.9 Å². The first kappa shape index (κ1) is 23.6. The fraction of sp³-hybridized carbons (Fsp3) is 0.323. The number of H-pyrrole nitrogens is 1. The Labute approximate surface area is 218 Å². The minimum atomic E-state index is 0.0676. The molecule has 0 spiro atoms. The van der Waals surface area contributed by atoms with Crippen LogP contribution in [0, 0.1) is 0 Å². The number of aromatic amines is 1. The van der Waals surface area contributed by atoms with Crippen LogP contribution in [0.25, 0.3) is 10.9 Å². The van der Waals surface area contributed by atoms with E-state index in [2.05, 4.69) is 62.1 Å². The molecule has 0 saturated carbocycles. The van der Waals surface area contributed by atoms with Crippen molar-refractivity contribution in [1.82, 2.24) is 9.88 Å². The van der Waals surface area contributed by atoms with Crippen molar-refractivity contribution in [2.75, 3.05) is 49.1 Å². The molecule has 190 valence electrons. The highest BCUT2D eigenvalue weighted by Crippen LogP contribution is 2.33. The molecule has 1 N–H and O–H groups in total. The molecule has 0 bridgehead atoms. The first-order valence-electron chi connectivity index (χ1n) is 13.4. The van der Waals surface area contributed by atoms with Crippen LogP contribution in [-0.4, -0.2) is 61.2 Å². The van der Waals surface area contributed by atoms with Gasteiger partial charge in [0.25, 0.3) is 5.91 Å². The molecule has 1 amide bonds. The molecule has 6 rings (SSSR count). The Morgan fingerprint density at radius 3 is 2.51 bits per heavy atom. The lowest BCUT2D eigenvalue weighted by Gasteiger charge is -2.42. The third-order valence-electron chi connectivity index (χ3n) is 7.75. The van der Waals surface area contributed by atoms with Crippen LogP contribution >= 0.6 is 0 Å². The Kier molecular flexibility index (Phi) is 6.58. The average Bonchev–Trinajstić information content (AvgIpc) is 3.43. The van der Waals surface area contributed by atoms with Crippen molar-refractivity contribution in [3.8, 4) is 5.75 Å². The van der Waals surface area contributed by atoms with E-state index >= 15 is 0 Å². The minimum absolute atomic E-state index is 0.0676. The predicted octanol–water partition coefficient (Wildman–Crippen LogP) is 5.35. The van der Waals surface area contributed by atoms with E-state index in [1.54, 1.807) is 0 Å². The number of carbonyl (C=O) groups is 1. The lowest BCUT2D eigenvalue weighted by atomic mass is 9.94. The number of piperazine rings is 1. The van der Waals surface area contributed by atoms with E-state index < -0.39 is 0 Å². The average molecular weight is 495 g/mol. The van der Waals surface area contributed by atoms with Crippen molar-refractivity contribution in [2.45, 2.75) is 25.8 Å². The van der Waals surface area contributed by atoms with E-state index in [0.717, 1.165) is 57.0 Å². The molecular formula is C31H34N4O2. The van der Waals surface area contributed by atoms with Gasteiger partial charge in [-0.1, -0.05) is 24.3 Å². The third kappa shape index (κ3) is 4.69. The van der Waals surface area contributed by atoms with Crippen molar-refractivity contribution in [2.24, 2.45) is 0 Å². The van der Waals surface area contributed by atoms with Crippen molar-refractivity contribution < 1.29 is 9.53 Å². The van der Waals surface area contributed by atoms with Crippen LogP contribution in [0.1, 0.15) is 29.3 Å². The summed E-state index contributed by atoms with van der Waals surface area (Å²) < 4.78 is 5.59. The summed E-state index contributed by atoms with van der Waals surface area (Å²) in [6, 6.07) is 24.7. The zero-order valence-corrected chi connectivity index (χ0v) is 21.4. The molecule has 1 atom stereocenters. The van der Waals surface area contributed by atoms with E-state index in [1.807, 2.05) is 43.5 Å². The van der Waals surface area contributed by atoms with Crippen molar-refractivity contribution in [3.63, 3.8) is 0 Å². The Bertz CT molecular complexity index is 1370. The van der Waals surface area contributed by atoms with Crippen molar-refractivity contribution in [3.05, 3.63) is 90.1 Å². The van der Waals surface area contributed by atoms with Gasteiger partial charge < -0.3 is 19.5 Å². The lowest BCUT2D eigenvalue weighted by molar-refractivity contribution is 0.0963. The Hall–Kier alpha value is -3.77. The Morgan fingerprint density at radius 2 is 1.70 bits per heavy atom. The number of hydrogen-bond donors (Lipinski definition) is 1. The summed E-state index contributed by atoms with van der Waals surface area (Å²) in [6.07, 6.45) is 3.99. The van der Waals surface area contributed by atoms with Gasteiger partial charge in [-0.25, -0.2) is 0 Å². The first-order valence-corrected chi connectivity index (χ1v) is 13.4. The quantitative estimate of drug-likeness (QED) is 0.393. The van der Waals surface area contributed by atoms with Gasteiger partial charge in [0.15, 0.2) is 0 Å². The van der Waals surface area contributed by atoms with Crippen LogP contribution in [0.2, 0.25) is 0 Å². The maximum absolute atomic E-state index is 13.9. The monoisotopic (exact) mass is 494 g/mol. The van der Waals surface area contributed by atoms with E-state index in [4.69, 9.17) is 4.74 Å². The number of amides is 1. The van der Waals surface area contributed by atoms with Crippen LogP contribution in [0.4, 0.5) is 11.4 Å². The molecule has 1 aromatic heterocycles. The highest BCUT2D eigenvalue weighted by molar-refractivity contribution is 6.07. The molecule has 6 heteroatoms. The van der Waals surface area contributed by atoms with E-state index in [1.165, 1.54) is 22.2 Å². The van der Waals surface area contributed by atoms with Crippen LogP contribution in [0.15, 0.2) is 79.0 Å². The second-order valence-electron chi connectivity index (χ2n) is 9.96. The Morgan fingerprint density at radius 1 is 0.919 bits per heavy atom.